The van der Waals surface area contributed by atoms with Crippen molar-refractivity contribution in [2.75, 3.05) is 25.2 Å². The van der Waals surface area contributed by atoms with Crippen LogP contribution in [-0.4, -0.2) is 42.2 Å². The molecule has 0 unspecified atom stereocenters. The van der Waals surface area contributed by atoms with Crippen LogP contribution in [0.15, 0.2) is 18.5 Å². The smallest absolute Gasteiger partial charge is 0.328 e. The Morgan fingerprint density at radius 3 is 3.00 bits per heavy atom. The van der Waals surface area contributed by atoms with E-state index in [1.807, 2.05) is 4.90 Å². The summed E-state index contributed by atoms with van der Waals surface area (Å²) in [5.74, 6) is -0.0110. The maximum Gasteiger partial charge on any atom is 0.328 e. The van der Waals surface area contributed by atoms with Gasteiger partial charge in [-0.3, -0.25) is 0 Å². The second-order valence-electron chi connectivity index (χ2n) is 5.30. The van der Waals surface area contributed by atoms with Gasteiger partial charge >= 0.3 is 5.97 Å². The summed E-state index contributed by atoms with van der Waals surface area (Å²) >= 11 is 0. The Bertz CT molecular complexity index is 738. The van der Waals surface area contributed by atoms with Crippen LogP contribution < -0.4 is 9.64 Å². The van der Waals surface area contributed by atoms with Crippen LogP contribution in [0.25, 0.3) is 10.9 Å². The van der Waals surface area contributed by atoms with Crippen molar-refractivity contribution < 1.29 is 18.7 Å². The van der Waals surface area contributed by atoms with Crippen LogP contribution >= 0.6 is 0 Å². The van der Waals surface area contributed by atoms with Crippen molar-refractivity contribution in [2.24, 2.45) is 0 Å². The van der Waals surface area contributed by atoms with E-state index >= 15 is 0 Å². The molecule has 0 aliphatic carbocycles. The molecule has 1 saturated heterocycles. The van der Waals surface area contributed by atoms with Gasteiger partial charge in [0.05, 0.1) is 19.2 Å². The molecule has 122 valence electrons. The second kappa shape index (κ2) is 6.36. The Morgan fingerprint density at radius 2 is 2.26 bits per heavy atom. The number of aromatic nitrogens is 2. The molecule has 0 spiro atoms. The Kier molecular flexibility index (Phi) is 4.27. The first-order chi connectivity index (χ1) is 11.2. The van der Waals surface area contributed by atoms with E-state index in [2.05, 4.69) is 9.97 Å². The summed E-state index contributed by atoms with van der Waals surface area (Å²) in [5.41, 5.74) is 0.475. The molecule has 2 aromatic rings. The normalized spacial score (nSPS) is 17.5. The van der Waals surface area contributed by atoms with Crippen molar-refractivity contribution in [3.05, 3.63) is 24.3 Å². The van der Waals surface area contributed by atoms with Crippen LogP contribution in [0.4, 0.5) is 10.2 Å². The summed E-state index contributed by atoms with van der Waals surface area (Å²) in [5, 5.41) is 0.655. The fraction of sp³-hybridized carbons (Fsp3) is 0.438. The quantitative estimate of drug-likeness (QED) is 0.806. The van der Waals surface area contributed by atoms with E-state index in [0.29, 0.717) is 36.3 Å². The zero-order valence-corrected chi connectivity index (χ0v) is 13.1. The number of nitrogens with zero attached hydrogens (tertiary/aromatic N) is 3. The summed E-state index contributed by atoms with van der Waals surface area (Å²) < 4.78 is 24.0. The second-order valence-corrected chi connectivity index (χ2v) is 5.30. The molecule has 0 amide bonds. The first kappa shape index (κ1) is 15.5. The minimum Gasteiger partial charge on any atom is -0.494 e. The highest BCUT2D eigenvalue weighted by Crippen LogP contribution is 2.33. The van der Waals surface area contributed by atoms with Gasteiger partial charge in [0.15, 0.2) is 11.6 Å². The number of halogens is 1. The van der Waals surface area contributed by atoms with Gasteiger partial charge in [-0.2, -0.15) is 0 Å². The number of benzene rings is 1. The maximum absolute atomic E-state index is 13.9. The minimum atomic E-state index is -0.479. The predicted molar refractivity (Wildman–Crippen MR) is 83.0 cm³/mol. The lowest BCUT2D eigenvalue weighted by Crippen LogP contribution is -2.38. The van der Waals surface area contributed by atoms with Gasteiger partial charge in [0, 0.05) is 18.0 Å². The van der Waals surface area contributed by atoms with Gasteiger partial charge in [-0.25, -0.2) is 19.2 Å². The molecule has 1 atom stereocenters. The third-order valence-corrected chi connectivity index (χ3v) is 3.97. The number of methoxy groups -OCH3 is 1. The van der Waals surface area contributed by atoms with E-state index in [-0.39, 0.29) is 17.8 Å². The van der Waals surface area contributed by atoms with Crippen LogP contribution in [0.5, 0.6) is 5.75 Å². The monoisotopic (exact) mass is 319 g/mol. The third kappa shape index (κ3) is 2.78. The third-order valence-electron chi connectivity index (χ3n) is 3.97. The fourth-order valence-electron chi connectivity index (χ4n) is 2.93. The molecule has 7 heteroatoms. The highest BCUT2D eigenvalue weighted by atomic mass is 19.1. The van der Waals surface area contributed by atoms with Gasteiger partial charge in [0.25, 0.3) is 0 Å². The molecule has 2 heterocycles. The average Bonchev–Trinajstić information content (AvgIpc) is 3.03. The molecule has 1 aromatic carbocycles. The molecule has 3 rings (SSSR count). The molecular formula is C16H18FN3O3. The fourth-order valence-corrected chi connectivity index (χ4v) is 2.93. The number of fused-ring (bicyclic) bond motifs is 1. The van der Waals surface area contributed by atoms with E-state index in [1.165, 1.54) is 19.5 Å². The minimum absolute atomic E-state index is 0.125. The van der Waals surface area contributed by atoms with E-state index in [1.54, 1.807) is 13.0 Å². The molecule has 1 aliphatic rings. The first-order valence-corrected chi connectivity index (χ1v) is 7.57. The van der Waals surface area contributed by atoms with Gasteiger partial charge < -0.3 is 14.4 Å². The molecule has 0 radical (unpaired) electrons. The van der Waals surface area contributed by atoms with E-state index in [0.717, 1.165) is 6.42 Å². The van der Waals surface area contributed by atoms with Gasteiger partial charge in [0.1, 0.15) is 18.2 Å². The predicted octanol–water partition coefficient (Wildman–Crippen LogP) is 2.31. The van der Waals surface area contributed by atoms with Crippen LogP contribution in [-0.2, 0) is 9.53 Å². The summed E-state index contributed by atoms with van der Waals surface area (Å²) in [4.78, 5) is 22.5. The van der Waals surface area contributed by atoms with Gasteiger partial charge in [0.2, 0.25) is 0 Å². The molecular weight excluding hydrogens is 301 g/mol. The SMILES string of the molecule is CCOC(=O)[C@H]1CCCN1c1ncnc2cc(F)c(OC)cc12. The zero-order chi connectivity index (χ0) is 16.4. The molecule has 6 nitrogen and oxygen atoms in total. The number of esters is 1. The number of hydrogen-bond donors (Lipinski definition) is 0. The summed E-state index contributed by atoms with van der Waals surface area (Å²) in [6.07, 6.45) is 2.96. The number of ether oxygens (including phenoxy) is 2. The van der Waals surface area contributed by atoms with Crippen LogP contribution in [0, 0.1) is 5.82 Å². The average molecular weight is 319 g/mol. The van der Waals surface area contributed by atoms with Crippen molar-refractivity contribution in [1.82, 2.24) is 9.97 Å². The Labute approximate surface area is 133 Å². The Hall–Kier alpha value is -2.44. The van der Waals surface area contributed by atoms with Crippen molar-refractivity contribution in [2.45, 2.75) is 25.8 Å². The number of carbonyl (C=O) groups is 1. The number of anilines is 1. The summed E-state index contributed by atoms with van der Waals surface area (Å²) in [7, 11) is 1.41. The first-order valence-electron chi connectivity index (χ1n) is 7.57. The zero-order valence-electron chi connectivity index (χ0n) is 13.1. The summed E-state index contributed by atoms with van der Waals surface area (Å²) in [6, 6.07) is 2.51. The Morgan fingerprint density at radius 1 is 1.43 bits per heavy atom. The van der Waals surface area contributed by atoms with E-state index in [9.17, 15) is 9.18 Å². The molecule has 23 heavy (non-hydrogen) atoms. The molecule has 0 N–H and O–H groups in total. The molecule has 0 saturated carbocycles. The molecule has 1 fully saturated rings. The lowest BCUT2D eigenvalue weighted by molar-refractivity contribution is -0.144. The van der Waals surface area contributed by atoms with Gasteiger partial charge in [-0.15, -0.1) is 0 Å². The van der Waals surface area contributed by atoms with Crippen LogP contribution in [0.2, 0.25) is 0 Å². The van der Waals surface area contributed by atoms with Crippen LogP contribution in [0.1, 0.15) is 19.8 Å². The number of carbonyl (C=O) groups excluding carboxylic acids is 1. The number of rotatable bonds is 4. The maximum atomic E-state index is 13.9. The highest BCUT2D eigenvalue weighted by molar-refractivity contribution is 5.93. The topological polar surface area (TPSA) is 64.5 Å². The van der Waals surface area contributed by atoms with Crippen molar-refractivity contribution in [3.63, 3.8) is 0 Å². The largest absolute Gasteiger partial charge is 0.494 e. The lowest BCUT2D eigenvalue weighted by atomic mass is 10.2. The van der Waals surface area contributed by atoms with E-state index < -0.39 is 5.82 Å². The van der Waals surface area contributed by atoms with Crippen molar-refractivity contribution >= 4 is 22.7 Å². The van der Waals surface area contributed by atoms with Crippen molar-refractivity contribution in [1.29, 1.82) is 0 Å². The van der Waals surface area contributed by atoms with E-state index in [4.69, 9.17) is 9.47 Å². The van der Waals surface area contributed by atoms with Crippen molar-refractivity contribution in [3.8, 4) is 5.75 Å². The number of hydrogen-bond acceptors (Lipinski definition) is 6. The molecule has 1 aliphatic heterocycles. The molecule has 1 aromatic heterocycles. The summed E-state index contributed by atoms with van der Waals surface area (Å²) in [6.45, 7) is 2.81. The molecule has 0 bridgehead atoms. The van der Waals surface area contributed by atoms with Gasteiger partial charge in [-0.1, -0.05) is 0 Å². The lowest BCUT2D eigenvalue weighted by Gasteiger charge is -2.25. The highest BCUT2D eigenvalue weighted by Gasteiger charge is 2.33. The standard InChI is InChI=1S/C16H18FN3O3/c1-3-23-16(21)13-5-4-6-20(13)15-10-7-14(22-2)11(17)8-12(10)18-9-19-15/h7-9,13H,3-6H2,1-2H3/t13-/m1/s1. The van der Waals surface area contributed by atoms with Gasteiger partial charge in [-0.05, 0) is 25.8 Å². The Balaban J connectivity index is 2.06. The van der Waals surface area contributed by atoms with Crippen LogP contribution in [0.3, 0.4) is 0 Å².